The highest BCUT2D eigenvalue weighted by molar-refractivity contribution is 5.94. The van der Waals surface area contributed by atoms with Crippen molar-refractivity contribution in [1.82, 2.24) is 5.32 Å². The number of hydrogen-bond donors (Lipinski definition) is 1. The van der Waals surface area contributed by atoms with Crippen LogP contribution in [0.5, 0.6) is 0 Å². The first-order chi connectivity index (χ1) is 10.4. The van der Waals surface area contributed by atoms with E-state index in [1.807, 2.05) is 0 Å². The Morgan fingerprint density at radius 2 is 1.64 bits per heavy atom. The van der Waals surface area contributed by atoms with Gasteiger partial charge in [-0.3, -0.25) is 4.79 Å². The SMILES string of the molecule is CCCCCCCC[C@H](NC(=O)c1ccccc1)C(F)(F)F. The third-order valence-electron chi connectivity index (χ3n) is 3.58. The first kappa shape index (κ1) is 18.5. The molecule has 1 aromatic carbocycles. The largest absolute Gasteiger partial charge is 0.408 e. The minimum absolute atomic E-state index is 0.0613. The summed E-state index contributed by atoms with van der Waals surface area (Å²) in [6, 6.07) is 6.22. The van der Waals surface area contributed by atoms with E-state index in [4.69, 9.17) is 0 Å². The number of carbonyl (C=O) groups is 1. The predicted molar refractivity (Wildman–Crippen MR) is 81.7 cm³/mol. The number of benzene rings is 1. The second kappa shape index (κ2) is 9.49. The molecule has 0 saturated carbocycles. The molecule has 0 bridgehead atoms. The van der Waals surface area contributed by atoms with Gasteiger partial charge in [-0.1, -0.05) is 63.6 Å². The molecule has 0 aromatic heterocycles. The van der Waals surface area contributed by atoms with Crippen LogP contribution < -0.4 is 5.32 Å². The van der Waals surface area contributed by atoms with E-state index in [2.05, 4.69) is 12.2 Å². The van der Waals surface area contributed by atoms with E-state index < -0.39 is 18.1 Å². The van der Waals surface area contributed by atoms with Gasteiger partial charge in [0.25, 0.3) is 5.91 Å². The van der Waals surface area contributed by atoms with Gasteiger partial charge < -0.3 is 5.32 Å². The van der Waals surface area contributed by atoms with E-state index in [0.717, 1.165) is 32.1 Å². The second-order valence-corrected chi connectivity index (χ2v) is 5.49. The maximum atomic E-state index is 13.0. The van der Waals surface area contributed by atoms with Crippen LogP contribution in [0.15, 0.2) is 30.3 Å². The van der Waals surface area contributed by atoms with Gasteiger partial charge in [0.1, 0.15) is 6.04 Å². The number of rotatable bonds is 9. The van der Waals surface area contributed by atoms with Crippen molar-refractivity contribution in [2.45, 2.75) is 64.1 Å². The molecule has 0 heterocycles. The summed E-state index contributed by atoms with van der Waals surface area (Å²) in [6.45, 7) is 2.10. The zero-order valence-corrected chi connectivity index (χ0v) is 13.0. The van der Waals surface area contributed by atoms with Crippen LogP contribution in [0.25, 0.3) is 0 Å². The number of halogens is 3. The zero-order chi connectivity index (χ0) is 16.4. The Morgan fingerprint density at radius 3 is 2.23 bits per heavy atom. The highest BCUT2D eigenvalue weighted by atomic mass is 19.4. The third kappa shape index (κ3) is 6.96. The lowest BCUT2D eigenvalue weighted by Gasteiger charge is -2.21. The molecule has 0 aliphatic rings. The molecular formula is C17H24F3NO. The Kier molecular flexibility index (Phi) is 7.99. The Balaban J connectivity index is 2.46. The molecule has 1 aromatic rings. The molecule has 5 heteroatoms. The van der Waals surface area contributed by atoms with Crippen LogP contribution in [0.2, 0.25) is 0 Å². The van der Waals surface area contributed by atoms with Crippen LogP contribution in [0, 0.1) is 0 Å². The van der Waals surface area contributed by atoms with Gasteiger partial charge in [0.2, 0.25) is 0 Å². The standard InChI is InChI=1S/C17H24F3NO/c1-2-3-4-5-6-10-13-15(17(18,19)20)21-16(22)14-11-8-7-9-12-14/h7-9,11-12,15H,2-6,10,13H2,1H3,(H,21,22)/t15-/m0/s1. The molecule has 0 radical (unpaired) electrons. The van der Waals surface area contributed by atoms with Crippen LogP contribution in [0.4, 0.5) is 13.2 Å². The number of hydrogen-bond acceptors (Lipinski definition) is 1. The number of unbranched alkanes of at least 4 members (excludes halogenated alkanes) is 5. The smallest absolute Gasteiger partial charge is 0.340 e. The van der Waals surface area contributed by atoms with E-state index >= 15 is 0 Å². The average Bonchev–Trinajstić information content (AvgIpc) is 2.49. The summed E-state index contributed by atoms with van der Waals surface area (Å²) in [5.74, 6) is -0.672. The lowest BCUT2D eigenvalue weighted by molar-refractivity contribution is -0.155. The number of nitrogens with one attached hydrogen (secondary N) is 1. The fourth-order valence-electron chi connectivity index (χ4n) is 2.28. The van der Waals surface area contributed by atoms with Crippen molar-refractivity contribution < 1.29 is 18.0 Å². The highest BCUT2D eigenvalue weighted by Crippen LogP contribution is 2.25. The van der Waals surface area contributed by atoms with Crippen molar-refractivity contribution in [3.63, 3.8) is 0 Å². The molecule has 1 N–H and O–H groups in total. The maximum Gasteiger partial charge on any atom is 0.408 e. The third-order valence-corrected chi connectivity index (χ3v) is 3.58. The molecule has 0 unspecified atom stereocenters. The molecule has 1 amide bonds. The Hall–Kier alpha value is -1.52. The van der Waals surface area contributed by atoms with Crippen LogP contribution in [0.3, 0.4) is 0 Å². The molecule has 1 rings (SSSR count). The minimum Gasteiger partial charge on any atom is -0.340 e. The second-order valence-electron chi connectivity index (χ2n) is 5.49. The first-order valence-electron chi connectivity index (χ1n) is 7.87. The van der Waals surface area contributed by atoms with E-state index in [1.54, 1.807) is 18.2 Å². The van der Waals surface area contributed by atoms with E-state index in [0.29, 0.717) is 6.42 Å². The van der Waals surface area contributed by atoms with E-state index in [1.165, 1.54) is 12.1 Å². The van der Waals surface area contributed by atoms with Gasteiger partial charge in [0.05, 0.1) is 0 Å². The van der Waals surface area contributed by atoms with Gasteiger partial charge in [-0.25, -0.2) is 0 Å². The number of amides is 1. The van der Waals surface area contributed by atoms with E-state index in [9.17, 15) is 18.0 Å². The summed E-state index contributed by atoms with van der Waals surface area (Å²) in [5, 5.41) is 2.11. The monoisotopic (exact) mass is 315 g/mol. The molecule has 22 heavy (non-hydrogen) atoms. The van der Waals surface area contributed by atoms with Crippen molar-refractivity contribution in [3.8, 4) is 0 Å². The molecule has 124 valence electrons. The van der Waals surface area contributed by atoms with Gasteiger partial charge in [-0.05, 0) is 18.6 Å². The Labute approximate surface area is 130 Å². The number of carbonyl (C=O) groups excluding carboxylic acids is 1. The first-order valence-corrected chi connectivity index (χ1v) is 7.87. The predicted octanol–water partition coefficient (Wildman–Crippen LogP) is 5.10. The normalized spacial score (nSPS) is 12.9. The van der Waals surface area contributed by atoms with Crippen molar-refractivity contribution in [2.75, 3.05) is 0 Å². The molecular weight excluding hydrogens is 291 g/mol. The topological polar surface area (TPSA) is 29.1 Å². The zero-order valence-electron chi connectivity index (χ0n) is 13.0. The molecule has 0 spiro atoms. The fraction of sp³-hybridized carbons (Fsp3) is 0.588. The van der Waals surface area contributed by atoms with Crippen LogP contribution in [0.1, 0.15) is 62.2 Å². The Bertz CT molecular complexity index is 431. The van der Waals surface area contributed by atoms with Gasteiger partial charge in [0.15, 0.2) is 0 Å². The quantitative estimate of drug-likeness (QED) is 0.631. The lowest BCUT2D eigenvalue weighted by Crippen LogP contribution is -2.45. The summed E-state index contributed by atoms with van der Waals surface area (Å²) in [7, 11) is 0. The van der Waals surface area contributed by atoms with Crippen molar-refractivity contribution in [2.24, 2.45) is 0 Å². The molecule has 0 aliphatic carbocycles. The van der Waals surface area contributed by atoms with Gasteiger partial charge in [-0.2, -0.15) is 13.2 Å². The summed E-state index contributed by atoms with van der Waals surface area (Å²) in [6.07, 6.45) is 1.01. The van der Waals surface area contributed by atoms with Crippen LogP contribution >= 0.6 is 0 Å². The van der Waals surface area contributed by atoms with Gasteiger partial charge in [-0.15, -0.1) is 0 Å². The fourth-order valence-corrected chi connectivity index (χ4v) is 2.28. The van der Waals surface area contributed by atoms with E-state index in [-0.39, 0.29) is 12.0 Å². The average molecular weight is 315 g/mol. The molecule has 1 atom stereocenters. The molecule has 0 aliphatic heterocycles. The maximum absolute atomic E-state index is 13.0. The lowest BCUT2D eigenvalue weighted by atomic mass is 10.0. The summed E-state index contributed by atoms with van der Waals surface area (Å²) in [5.41, 5.74) is 0.250. The summed E-state index contributed by atoms with van der Waals surface area (Å²) in [4.78, 5) is 11.9. The summed E-state index contributed by atoms with van der Waals surface area (Å²) >= 11 is 0. The van der Waals surface area contributed by atoms with Crippen LogP contribution in [-0.4, -0.2) is 18.1 Å². The van der Waals surface area contributed by atoms with Gasteiger partial charge >= 0.3 is 6.18 Å². The van der Waals surface area contributed by atoms with Gasteiger partial charge in [0, 0.05) is 5.56 Å². The molecule has 0 fully saturated rings. The van der Waals surface area contributed by atoms with Crippen molar-refractivity contribution in [3.05, 3.63) is 35.9 Å². The van der Waals surface area contributed by atoms with Crippen LogP contribution in [-0.2, 0) is 0 Å². The molecule has 2 nitrogen and oxygen atoms in total. The Morgan fingerprint density at radius 1 is 1.05 bits per heavy atom. The number of alkyl halides is 3. The van der Waals surface area contributed by atoms with Crippen molar-refractivity contribution >= 4 is 5.91 Å². The highest BCUT2D eigenvalue weighted by Gasteiger charge is 2.40. The van der Waals surface area contributed by atoms with Crippen molar-refractivity contribution in [1.29, 1.82) is 0 Å². The summed E-state index contributed by atoms with van der Waals surface area (Å²) < 4.78 is 39.0. The molecule has 0 saturated heterocycles. The minimum atomic E-state index is -4.41.